The molecule has 0 aromatic heterocycles. The lowest BCUT2D eigenvalue weighted by molar-refractivity contribution is -0.155. The molecule has 0 bridgehead atoms. The molecule has 0 aliphatic heterocycles. The topological polar surface area (TPSA) is 52.3 Å². The minimum Gasteiger partial charge on any atom is -0.460 e. The van der Waals surface area contributed by atoms with Crippen LogP contribution in [0.1, 0.15) is 54.4 Å². The molecule has 0 aliphatic rings. The molecule has 1 atom stereocenters. The second-order valence-electron chi connectivity index (χ2n) is 6.32. The predicted octanol–water partition coefficient (Wildman–Crippen LogP) is 2.48. The van der Waals surface area contributed by atoms with Gasteiger partial charge in [0.1, 0.15) is 5.60 Å². The first-order valence-corrected chi connectivity index (χ1v) is 5.47. The zero-order chi connectivity index (χ0) is 12.3. The van der Waals surface area contributed by atoms with Crippen LogP contribution in [-0.4, -0.2) is 17.6 Å². The normalized spacial score (nSPS) is 14.9. The highest BCUT2D eigenvalue weighted by atomic mass is 16.6. The SMILES string of the molecule is CC(C)(C)CC(N)CC(=O)OC(C)(C)C. The smallest absolute Gasteiger partial charge is 0.307 e. The Morgan fingerprint density at radius 3 is 2.00 bits per heavy atom. The fourth-order valence-electron chi connectivity index (χ4n) is 1.46. The Hall–Kier alpha value is -0.570. The largest absolute Gasteiger partial charge is 0.460 e. The molecule has 0 radical (unpaired) electrons. The maximum atomic E-state index is 11.5. The fourth-order valence-corrected chi connectivity index (χ4v) is 1.46. The van der Waals surface area contributed by atoms with Gasteiger partial charge in [0.2, 0.25) is 0 Å². The van der Waals surface area contributed by atoms with E-state index < -0.39 is 5.60 Å². The first-order valence-electron chi connectivity index (χ1n) is 5.47. The molecule has 0 fully saturated rings. The minimum atomic E-state index is -0.418. The second-order valence-corrected chi connectivity index (χ2v) is 6.32. The number of carbonyl (C=O) groups is 1. The summed E-state index contributed by atoms with van der Waals surface area (Å²) in [4.78, 5) is 11.5. The molecule has 3 heteroatoms. The molecule has 90 valence electrons. The predicted molar refractivity (Wildman–Crippen MR) is 62.5 cm³/mol. The van der Waals surface area contributed by atoms with Crippen LogP contribution in [0.5, 0.6) is 0 Å². The molecule has 0 amide bonds. The first-order chi connectivity index (χ1) is 6.49. The molecular weight excluding hydrogens is 190 g/mol. The molecule has 0 aliphatic carbocycles. The van der Waals surface area contributed by atoms with Gasteiger partial charge in [0.15, 0.2) is 0 Å². The van der Waals surface area contributed by atoms with Gasteiger partial charge in [-0.05, 0) is 32.6 Å². The summed E-state index contributed by atoms with van der Waals surface area (Å²) >= 11 is 0. The van der Waals surface area contributed by atoms with Crippen molar-refractivity contribution < 1.29 is 9.53 Å². The monoisotopic (exact) mass is 215 g/mol. The zero-order valence-corrected chi connectivity index (χ0v) is 10.9. The van der Waals surface area contributed by atoms with E-state index in [4.69, 9.17) is 10.5 Å². The van der Waals surface area contributed by atoms with Crippen LogP contribution in [0.15, 0.2) is 0 Å². The van der Waals surface area contributed by atoms with Crippen molar-refractivity contribution >= 4 is 5.97 Å². The van der Waals surface area contributed by atoms with Crippen molar-refractivity contribution in [2.24, 2.45) is 11.1 Å². The lowest BCUT2D eigenvalue weighted by Crippen LogP contribution is -2.32. The van der Waals surface area contributed by atoms with Crippen molar-refractivity contribution in [2.75, 3.05) is 0 Å². The van der Waals surface area contributed by atoms with Crippen molar-refractivity contribution in [1.82, 2.24) is 0 Å². The second kappa shape index (κ2) is 4.97. The van der Waals surface area contributed by atoms with Gasteiger partial charge in [0, 0.05) is 6.04 Å². The Balaban J connectivity index is 3.98. The van der Waals surface area contributed by atoms with Crippen LogP contribution in [0.2, 0.25) is 0 Å². The number of hydrogen-bond acceptors (Lipinski definition) is 3. The fraction of sp³-hybridized carbons (Fsp3) is 0.917. The summed E-state index contributed by atoms with van der Waals surface area (Å²) in [6.45, 7) is 11.9. The quantitative estimate of drug-likeness (QED) is 0.736. The number of hydrogen-bond donors (Lipinski definition) is 1. The third-order valence-corrected chi connectivity index (χ3v) is 1.72. The molecule has 0 aromatic rings. The third kappa shape index (κ3) is 9.73. The van der Waals surface area contributed by atoms with Crippen LogP contribution in [0.4, 0.5) is 0 Å². The van der Waals surface area contributed by atoms with Crippen LogP contribution >= 0.6 is 0 Å². The summed E-state index contributed by atoms with van der Waals surface area (Å²) in [7, 11) is 0. The lowest BCUT2D eigenvalue weighted by atomic mass is 9.87. The highest BCUT2D eigenvalue weighted by Gasteiger charge is 2.21. The Morgan fingerprint density at radius 2 is 1.67 bits per heavy atom. The van der Waals surface area contributed by atoms with E-state index in [1.54, 1.807) is 0 Å². The Bertz CT molecular complexity index is 211. The summed E-state index contributed by atoms with van der Waals surface area (Å²) in [5, 5.41) is 0. The van der Waals surface area contributed by atoms with Crippen molar-refractivity contribution in [3.05, 3.63) is 0 Å². The van der Waals surface area contributed by atoms with Gasteiger partial charge in [-0.2, -0.15) is 0 Å². The van der Waals surface area contributed by atoms with Gasteiger partial charge < -0.3 is 10.5 Å². The molecule has 0 heterocycles. The number of ether oxygens (including phenoxy) is 1. The number of esters is 1. The van der Waals surface area contributed by atoms with Crippen molar-refractivity contribution in [2.45, 2.75) is 66.0 Å². The molecule has 1 unspecified atom stereocenters. The Kier molecular flexibility index (Phi) is 4.78. The van der Waals surface area contributed by atoms with E-state index in [0.29, 0.717) is 6.42 Å². The average Bonchev–Trinajstić information content (AvgIpc) is 1.73. The third-order valence-electron chi connectivity index (χ3n) is 1.72. The van der Waals surface area contributed by atoms with E-state index in [0.717, 1.165) is 6.42 Å². The summed E-state index contributed by atoms with van der Waals surface area (Å²) in [6, 6.07) is -0.111. The van der Waals surface area contributed by atoms with Gasteiger partial charge in [-0.25, -0.2) is 0 Å². The standard InChI is InChI=1S/C12H25NO2/c1-11(2,3)8-9(13)7-10(14)15-12(4,5)6/h9H,7-8,13H2,1-6H3. The van der Waals surface area contributed by atoms with E-state index >= 15 is 0 Å². The molecule has 0 aromatic carbocycles. The van der Waals surface area contributed by atoms with E-state index in [1.807, 2.05) is 20.8 Å². The van der Waals surface area contributed by atoms with Crippen LogP contribution < -0.4 is 5.73 Å². The lowest BCUT2D eigenvalue weighted by Gasteiger charge is -2.24. The Labute approximate surface area is 93.4 Å². The van der Waals surface area contributed by atoms with Gasteiger partial charge in [-0.3, -0.25) is 4.79 Å². The van der Waals surface area contributed by atoms with Gasteiger partial charge in [0.05, 0.1) is 6.42 Å². The summed E-state index contributed by atoms with van der Waals surface area (Å²) in [5.41, 5.74) is 5.61. The van der Waals surface area contributed by atoms with Gasteiger partial charge >= 0.3 is 5.97 Å². The first kappa shape index (κ1) is 14.4. The summed E-state index contributed by atoms with van der Waals surface area (Å²) in [6.07, 6.45) is 1.13. The van der Waals surface area contributed by atoms with Gasteiger partial charge in [0.25, 0.3) is 0 Å². The molecular formula is C12H25NO2. The maximum absolute atomic E-state index is 11.5. The molecule has 2 N–H and O–H groups in total. The van der Waals surface area contributed by atoms with Crippen LogP contribution in [0.25, 0.3) is 0 Å². The molecule has 0 spiro atoms. The number of nitrogens with two attached hydrogens (primary N) is 1. The van der Waals surface area contributed by atoms with Gasteiger partial charge in [-0.15, -0.1) is 0 Å². The summed E-state index contributed by atoms with van der Waals surface area (Å²) < 4.78 is 5.20. The average molecular weight is 215 g/mol. The van der Waals surface area contributed by atoms with E-state index in [9.17, 15) is 4.79 Å². The Morgan fingerprint density at radius 1 is 1.20 bits per heavy atom. The maximum Gasteiger partial charge on any atom is 0.307 e. The molecule has 15 heavy (non-hydrogen) atoms. The zero-order valence-electron chi connectivity index (χ0n) is 10.9. The summed E-state index contributed by atoms with van der Waals surface area (Å²) in [5.74, 6) is -0.209. The number of rotatable bonds is 3. The molecule has 3 nitrogen and oxygen atoms in total. The number of carbonyl (C=O) groups excluding carboxylic acids is 1. The van der Waals surface area contributed by atoms with E-state index in [1.165, 1.54) is 0 Å². The molecule has 0 saturated carbocycles. The van der Waals surface area contributed by atoms with Crippen LogP contribution in [0, 0.1) is 5.41 Å². The molecule has 0 saturated heterocycles. The van der Waals surface area contributed by atoms with Crippen LogP contribution in [0.3, 0.4) is 0 Å². The van der Waals surface area contributed by atoms with Crippen molar-refractivity contribution in [3.8, 4) is 0 Å². The van der Waals surface area contributed by atoms with E-state index in [-0.39, 0.29) is 17.4 Å². The highest BCUT2D eigenvalue weighted by molar-refractivity contribution is 5.70. The van der Waals surface area contributed by atoms with Gasteiger partial charge in [-0.1, -0.05) is 20.8 Å². The highest BCUT2D eigenvalue weighted by Crippen LogP contribution is 2.21. The molecule has 0 rings (SSSR count). The van der Waals surface area contributed by atoms with E-state index in [2.05, 4.69) is 20.8 Å². The van der Waals surface area contributed by atoms with Crippen LogP contribution in [-0.2, 0) is 9.53 Å². The van der Waals surface area contributed by atoms with Crippen molar-refractivity contribution in [1.29, 1.82) is 0 Å². The minimum absolute atomic E-state index is 0.111. The van der Waals surface area contributed by atoms with Crippen molar-refractivity contribution in [3.63, 3.8) is 0 Å².